The molecular formula is C14H22N2O3S. The van der Waals surface area contributed by atoms with Crippen molar-refractivity contribution in [1.82, 2.24) is 4.72 Å². The minimum atomic E-state index is -3.46. The summed E-state index contributed by atoms with van der Waals surface area (Å²) in [5, 5.41) is 0. The summed E-state index contributed by atoms with van der Waals surface area (Å²) in [7, 11) is -3.46. The van der Waals surface area contributed by atoms with Gasteiger partial charge in [-0.2, -0.15) is 0 Å². The summed E-state index contributed by atoms with van der Waals surface area (Å²) in [6.45, 7) is 4.81. The SMILES string of the molecule is CCOC1CC(NS(=O)(=O)c2ccc(CN)cc2C)C1. The van der Waals surface area contributed by atoms with Crippen LogP contribution in [0.4, 0.5) is 0 Å². The molecule has 0 saturated heterocycles. The van der Waals surface area contributed by atoms with Crippen molar-refractivity contribution in [2.75, 3.05) is 6.61 Å². The monoisotopic (exact) mass is 298 g/mol. The maximum atomic E-state index is 12.3. The van der Waals surface area contributed by atoms with Gasteiger partial charge in [0.2, 0.25) is 10.0 Å². The van der Waals surface area contributed by atoms with Crippen LogP contribution in [0.2, 0.25) is 0 Å². The molecule has 20 heavy (non-hydrogen) atoms. The summed E-state index contributed by atoms with van der Waals surface area (Å²) in [6, 6.07) is 5.17. The number of nitrogens with two attached hydrogens (primary N) is 1. The third kappa shape index (κ3) is 3.38. The number of hydrogen-bond acceptors (Lipinski definition) is 4. The lowest BCUT2D eigenvalue weighted by Gasteiger charge is -2.35. The third-order valence-electron chi connectivity index (χ3n) is 3.58. The Morgan fingerprint density at radius 1 is 1.40 bits per heavy atom. The van der Waals surface area contributed by atoms with E-state index in [4.69, 9.17) is 10.5 Å². The summed E-state index contributed by atoms with van der Waals surface area (Å²) in [6.07, 6.45) is 1.67. The molecule has 1 aromatic rings. The summed E-state index contributed by atoms with van der Waals surface area (Å²) in [5.74, 6) is 0. The Morgan fingerprint density at radius 2 is 2.10 bits per heavy atom. The van der Waals surface area contributed by atoms with Crippen LogP contribution in [-0.4, -0.2) is 27.2 Å². The van der Waals surface area contributed by atoms with Gasteiger partial charge in [0.15, 0.2) is 0 Å². The molecule has 1 aliphatic rings. The lowest BCUT2D eigenvalue weighted by molar-refractivity contribution is -0.00475. The van der Waals surface area contributed by atoms with Crippen LogP contribution < -0.4 is 10.5 Å². The van der Waals surface area contributed by atoms with Crippen LogP contribution in [0.5, 0.6) is 0 Å². The minimum Gasteiger partial charge on any atom is -0.378 e. The van der Waals surface area contributed by atoms with Crippen LogP contribution in [0.25, 0.3) is 0 Å². The lowest BCUT2D eigenvalue weighted by Crippen LogP contribution is -2.47. The molecule has 0 unspecified atom stereocenters. The Morgan fingerprint density at radius 3 is 2.65 bits per heavy atom. The van der Waals surface area contributed by atoms with Gasteiger partial charge in [0, 0.05) is 19.2 Å². The fourth-order valence-electron chi connectivity index (χ4n) is 2.46. The quantitative estimate of drug-likeness (QED) is 0.829. The molecule has 0 radical (unpaired) electrons. The zero-order valence-corrected chi connectivity index (χ0v) is 12.7. The standard InChI is InChI=1S/C14H22N2O3S/c1-3-19-13-7-12(8-13)16-20(17,18)14-5-4-11(9-15)6-10(14)2/h4-6,12-13,16H,3,7-9,15H2,1-2H3. The van der Waals surface area contributed by atoms with E-state index < -0.39 is 10.0 Å². The molecule has 2 rings (SSSR count). The second-order valence-electron chi connectivity index (χ2n) is 5.17. The molecule has 0 aliphatic heterocycles. The van der Waals surface area contributed by atoms with Gasteiger partial charge in [0.05, 0.1) is 11.0 Å². The highest BCUT2D eigenvalue weighted by atomic mass is 32.2. The predicted molar refractivity (Wildman–Crippen MR) is 77.8 cm³/mol. The van der Waals surface area contributed by atoms with Crippen molar-refractivity contribution in [2.45, 2.75) is 50.3 Å². The van der Waals surface area contributed by atoms with Crippen molar-refractivity contribution in [3.05, 3.63) is 29.3 Å². The maximum Gasteiger partial charge on any atom is 0.241 e. The third-order valence-corrected chi connectivity index (χ3v) is 5.26. The molecule has 1 aliphatic carbocycles. The van der Waals surface area contributed by atoms with Gasteiger partial charge in [0.25, 0.3) is 0 Å². The lowest BCUT2D eigenvalue weighted by atomic mass is 9.90. The highest BCUT2D eigenvalue weighted by molar-refractivity contribution is 7.89. The van der Waals surface area contributed by atoms with E-state index in [1.54, 1.807) is 19.1 Å². The molecule has 0 atom stereocenters. The van der Waals surface area contributed by atoms with Gasteiger partial charge in [-0.05, 0) is 43.9 Å². The van der Waals surface area contributed by atoms with Crippen LogP contribution in [0.15, 0.2) is 23.1 Å². The molecule has 0 spiro atoms. The van der Waals surface area contributed by atoms with Gasteiger partial charge in [-0.15, -0.1) is 0 Å². The molecule has 1 fully saturated rings. The average Bonchev–Trinajstić information content (AvgIpc) is 2.35. The number of ether oxygens (including phenoxy) is 1. The van der Waals surface area contributed by atoms with Crippen molar-refractivity contribution in [3.8, 4) is 0 Å². The average molecular weight is 298 g/mol. The smallest absolute Gasteiger partial charge is 0.241 e. The van der Waals surface area contributed by atoms with Gasteiger partial charge >= 0.3 is 0 Å². The number of rotatable bonds is 6. The first kappa shape index (κ1) is 15.4. The molecule has 1 saturated carbocycles. The summed E-state index contributed by atoms with van der Waals surface area (Å²) in [4.78, 5) is 0.328. The van der Waals surface area contributed by atoms with E-state index in [0.29, 0.717) is 18.0 Å². The second kappa shape index (κ2) is 6.22. The minimum absolute atomic E-state index is 0.0230. The Labute approximate surface area is 120 Å². The van der Waals surface area contributed by atoms with Gasteiger partial charge in [0.1, 0.15) is 0 Å². The first-order valence-corrected chi connectivity index (χ1v) is 8.38. The topological polar surface area (TPSA) is 81.4 Å². The number of nitrogens with one attached hydrogen (secondary N) is 1. The first-order valence-electron chi connectivity index (χ1n) is 6.89. The summed E-state index contributed by atoms with van der Waals surface area (Å²) < 4.78 is 32.8. The maximum absolute atomic E-state index is 12.3. The largest absolute Gasteiger partial charge is 0.378 e. The van der Waals surface area contributed by atoms with Gasteiger partial charge in [-0.25, -0.2) is 13.1 Å². The molecule has 0 bridgehead atoms. The highest BCUT2D eigenvalue weighted by Crippen LogP contribution is 2.26. The van der Waals surface area contributed by atoms with Crippen LogP contribution in [0.1, 0.15) is 30.9 Å². The number of sulfonamides is 1. The molecule has 1 aromatic carbocycles. The van der Waals surface area contributed by atoms with E-state index >= 15 is 0 Å². The molecular weight excluding hydrogens is 276 g/mol. The van der Waals surface area contributed by atoms with Crippen molar-refractivity contribution in [3.63, 3.8) is 0 Å². The Bertz CT molecular complexity index is 566. The zero-order valence-electron chi connectivity index (χ0n) is 11.9. The van der Waals surface area contributed by atoms with Gasteiger partial charge < -0.3 is 10.5 Å². The van der Waals surface area contributed by atoms with Crippen molar-refractivity contribution < 1.29 is 13.2 Å². The Balaban J connectivity index is 2.04. The zero-order chi connectivity index (χ0) is 14.8. The molecule has 6 heteroatoms. The van der Waals surface area contributed by atoms with Crippen LogP contribution in [0, 0.1) is 6.92 Å². The molecule has 0 heterocycles. The molecule has 0 amide bonds. The summed E-state index contributed by atoms with van der Waals surface area (Å²) >= 11 is 0. The van der Waals surface area contributed by atoms with Crippen molar-refractivity contribution in [2.24, 2.45) is 5.73 Å². The molecule has 112 valence electrons. The molecule has 0 aromatic heterocycles. The predicted octanol–water partition coefficient (Wildman–Crippen LogP) is 1.30. The van der Waals surface area contributed by atoms with E-state index in [9.17, 15) is 8.42 Å². The van der Waals surface area contributed by atoms with E-state index in [1.807, 2.05) is 13.0 Å². The summed E-state index contributed by atoms with van der Waals surface area (Å²) in [5.41, 5.74) is 7.21. The molecule has 5 nitrogen and oxygen atoms in total. The van der Waals surface area contributed by atoms with Crippen molar-refractivity contribution >= 4 is 10.0 Å². The van der Waals surface area contributed by atoms with E-state index in [-0.39, 0.29) is 12.1 Å². The van der Waals surface area contributed by atoms with E-state index in [2.05, 4.69) is 4.72 Å². The highest BCUT2D eigenvalue weighted by Gasteiger charge is 2.33. The van der Waals surface area contributed by atoms with E-state index in [1.165, 1.54) is 0 Å². The fraction of sp³-hybridized carbons (Fsp3) is 0.571. The van der Waals surface area contributed by atoms with Gasteiger partial charge in [-0.3, -0.25) is 0 Å². The fourth-order valence-corrected chi connectivity index (χ4v) is 3.94. The van der Waals surface area contributed by atoms with Gasteiger partial charge in [-0.1, -0.05) is 12.1 Å². The number of aryl methyl sites for hydroxylation is 1. The van der Waals surface area contributed by atoms with Crippen molar-refractivity contribution in [1.29, 1.82) is 0 Å². The second-order valence-corrected chi connectivity index (χ2v) is 6.85. The normalized spacial score (nSPS) is 22.6. The number of hydrogen-bond donors (Lipinski definition) is 2. The van der Waals surface area contributed by atoms with E-state index in [0.717, 1.165) is 24.0 Å². The Kier molecular flexibility index (Phi) is 4.80. The number of benzene rings is 1. The van der Waals surface area contributed by atoms with Crippen LogP contribution in [0.3, 0.4) is 0 Å². The van der Waals surface area contributed by atoms with Crippen LogP contribution >= 0.6 is 0 Å². The Hall–Kier alpha value is -0.950. The molecule has 3 N–H and O–H groups in total. The van der Waals surface area contributed by atoms with Crippen LogP contribution in [-0.2, 0) is 21.3 Å². The first-order chi connectivity index (χ1) is 9.46.